The molecule has 4 rings (SSSR count). The number of ketones is 1. The number of benzene rings is 1. The Balaban J connectivity index is 1.59. The second-order valence-corrected chi connectivity index (χ2v) is 7.93. The van der Waals surface area contributed by atoms with Crippen LogP contribution in [-0.2, 0) is 17.6 Å². The quantitative estimate of drug-likeness (QED) is 0.434. The Bertz CT molecular complexity index is 1110. The van der Waals surface area contributed by atoms with Crippen molar-refractivity contribution < 1.29 is 14.6 Å². The van der Waals surface area contributed by atoms with Crippen molar-refractivity contribution in [2.45, 2.75) is 18.9 Å². The molecular formula is C24H28N6O3. The monoisotopic (exact) mass is 448 g/mol. The molecule has 1 unspecified atom stereocenters. The molecule has 9 heteroatoms. The Hall–Kier alpha value is -3.40. The molecule has 1 aliphatic rings. The maximum atomic E-state index is 13.2. The lowest BCUT2D eigenvalue weighted by Crippen LogP contribution is -2.48. The number of carbonyl (C=O) groups excluding carboxylic acids is 1. The Labute approximate surface area is 192 Å². The molecule has 1 fully saturated rings. The maximum absolute atomic E-state index is 13.2. The van der Waals surface area contributed by atoms with Crippen LogP contribution in [0.4, 0.5) is 11.5 Å². The number of aromatic nitrogens is 3. The van der Waals surface area contributed by atoms with Gasteiger partial charge in [0.15, 0.2) is 11.6 Å². The normalized spacial score (nSPS) is 16.1. The fraction of sp³-hybridized carbons (Fsp3) is 0.333. The third kappa shape index (κ3) is 5.16. The van der Waals surface area contributed by atoms with E-state index in [0.717, 1.165) is 28.8 Å². The largest absolute Gasteiger partial charge is 0.394 e. The summed E-state index contributed by atoms with van der Waals surface area (Å²) < 4.78 is 5.48. The minimum atomic E-state index is -0.246. The van der Waals surface area contributed by atoms with E-state index in [1.54, 1.807) is 18.6 Å². The average Bonchev–Trinajstić information content (AvgIpc) is 2.85. The number of carbonyl (C=O) groups is 1. The van der Waals surface area contributed by atoms with Crippen LogP contribution in [0.2, 0.25) is 0 Å². The Morgan fingerprint density at radius 3 is 2.79 bits per heavy atom. The van der Waals surface area contributed by atoms with E-state index in [4.69, 9.17) is 16.2 Å². The molecule has 1 aliphatic heterocycles. The molecule has 1 atom stereocenters. The van der Waals surface area contributed by atoms with E-state index in [1.165, 1.54) is 0 Å². The predicted octanol–water partition coefficient (Wildman–Crippen LogP) is 1.24. The number of hydrogen-bond acceptors (Lipinski definition) is 9. The Morgan fingerprint density at radius 1 is 1.21 bits per heavy atom. The molecule has 33 heavy (non-hydrogen) atoms. The highest BCUT2D eigenvalue weighted by atomic mass is 16.5. The van der Waals surface area contributed by atoms with Crippen LogP contribution in [0.3, 0.4) is 0 Å². The second kappa shape index (κ2) is 10.5. The summed E-state index contributed by atoms with van der Waals surface area (Å²) >= 11 is 0. The van der Waals surface area contributed by atoms with Gasteiger partial charge in [-0.15, -0.1) is 0 Å². The standard InChI is InChI=1S/C24H28N6O3/c25-7-5-16-1-3-17(4-2-16)20-13-28-24(26)23(29-20)22(32)11-18-12-27-8-6-21(18)30-9-10-33-15-19(30)14-31/h1-4,6,8,12-13,19,31H,5,7,9-11,14-15,25H2,(H2,26,28). The highest BCUT2D eigenvalue weighted by Crippen LogP contribution is 2.26. The number of nitrogens with two attached hydrogens (primary N) is 2. The zero-order chi connectivity index (χ0) is 23.2. The van der Waals surface area contributed by atoms with Crippen molar-refractivity contribution in [3.8, 4) is 11.3 Å². The van der Waals surface area contributed by atoms with E-state index in [-0.39, 0.29) is 36.4 Å². The van der Waals surface area contributed by atoms with Gasteiger partial charge in [-0.1, -0.05) is 24.3 Å². The van der Waals surface area contributed by atoms with E-state index in [9.17, 15) is 9.90 Å². The van der Waals surface area contributed by atoms with Crippen LogP contribution in [0, 0.1) is 0 Å². The molecule has 0 bridgehead atoms. The molecule has 3 heterocycles. The fourth-order valence-electron chi connectivity index (χ4n) is 3.97. The summed E-state index contributed by atoms with van der Waals surface area (Å²) in [5.74, 6) is -0.154. The summed E-state index contributed by atoms with van der Waals surface area (Å²) in [6.07, 6.45) is 5.78. The molecule has 2 aromatic heterocycles. The van der Waals surface area contributed by atoms with Crippen LogP contribution in [0.15, 0.2) is 48.9 Å². The number of pyridine rings is 1. The van der Waals surface area contributed by atoms with Crippen molar-refractivity contribution in [3.63, 3.8) is 0 Å². The minimum absolute atomic E-state index is 0.0414. The van der Waals surface area contributed by atoms with Gasteiger partial charge in [0.25, 0.3) is 0 Å². The first-order chi connectivity index (χ1) is 16.1. The van der Waals surface area contributed by atoms with E-state index in [0.29, 0.717) is 32.0 Å². The van der Waals surface area contributed by atoms with E-state index >= 15 is 0 Å². The molecule has 0 amide bonds. The molecule has 172 valence electrons. The number of rotatable bonds is 8. The molecule has 0 aliphatic carbocycles. The minimum Gasteiger partial charge on any atom is -0.394 e. The lowest BCUT2D eigenvalue weighted by molar-refractivity contribution is 0.0726. The van der Waals surface area contributed by atoms with E-state index in [1.807, 2.05) is 30.3 Å². The maximum Gasteiger partial charge on any atom is 0.189 e. The molecule has 0 spiro atoms. The van der Waals surface area contributed by atoms with Crippen LogP contribution in [0.5, 0.6) is 0 Å². The number of nitrogens with zero attached hydrogens (tertiary/aromatic N) is 4. The third-order valence-corrected chi connectivity index (χ3v) is 5.72. The number of Topliss-reactive ketones (excluding diaryl/α,β-unsaturated/α-hetero) is 1. The van der Waals surface area contributed by atoms with Crippen LogP contribution < -0.4 is 16.4 Å². The van der Waals surface area contributed by atoms with Crippen LogP contribution >= 0.6 is 0 Å². The topological polar surface area (TPSA) is 140 Å². The lowest BCUT2D eigenvalue weighted by atomic mass is 10.0. The average molecular weight is 449 g/mol. The smallest absolute Gasteiger partial charge is 0.189 e. The second-order valence-electron chi connectivity index (χ2n) is 7.93. The molecule has 5 N–H and O–H groups in total. The van der Waals surface area contributed by atoms with E-state index < -0.39 is 0 Å². The third-order valence-electron chi connectivity index (χ3n) is 5.72. The highest BCUT2D eigenvalue weighted by Gasteiger charge is 2.26. The van der Waals surface area contributed by atoms with Gasteiger partial charge in [-0.25, -0.2) is 9.97 Å². The summed E-state index contributed by atoms with van der Waals surface area (Å²) in [7, 11) is 0. The van der Waals surface area contributed by atoms with Crippen LogP contribution in [0.25, 0.3) is 11.3 Å². The highest BCUT2D eigenvalue weighted by molar-refractivity contribution is 6.00. The van der Waals surface area contributed by atoms with Gasteiger partial charge in [0.05, 0.1) is 37.8 Å². The zero-order valence-electron chi connectivity index (χ0n) is 18.4. The van der Waals surface area contributed by atoms with Crippen molar-refractivity contribution in [2.75, 3.05) is 43.5 Å². The van der Waals surface area contributed by atoms with Crippen molar-refractivity contribution in [1.82, 2.24) is 15.0 Å². The zero-order valence-corrected chi connectivity index (χ0v) is 18.4. The van der Waals surface area contributed by atoms with Crippen molar-refractivity contribution in [3.05, 3.63) is 65.7 Å². The Kier molecular flexibility index (Phi) is 7.23. The molecular weight excluding hydrogens is 420 g/mol. The predicted molar refractivity (Wildman–Crippen MR) is 126 cm³/mol. The number of ether oxygens (including phenoxy) is 1. The van der Waals surface area contributed by atoms with Gasteiger partial charge in [0.2, 0.25) is 0 Å². The van der Waals surface area contributed by atoms with Gasteiger partial charge < -0.3 is 26.2 Å². The molecule has 0 saturated carbocycles. The Morgan fingerprint density at radius 2 is 2.03 bits per heavy atom. The van der Waals surface area contributed by atoms with Gasteiger partial charge in [0, 0.05) is 42.2 Å². The number of aliphatic hydroxyl groups is 1. The summed E-state index contributed by atoms with van der Waals surface area (Å²) in [5.41, 5.74) is 15.9. The lowest BCUT2D eigenvalue weighted by Gasteiger charge is -2.37. The number of nitrogen functional groups attached to an aromatic ring is 1. The molecule has 3 aromatic rings. The van der Waals surface area contributed by atoms with Gasteiger partial charge >= 0.3 is 0 Å². The number of aliphatic hydroxyl groups excluding tert-OH is 1. The number of morpholine rings is 1. The molecule has 1 aromatic carbocycles. The van der Waals surface area contributed by atoms with Gasteiger partial charge in [-0.2, -0.15) is 0 Å². The van der Waals surface area contributed by atoms with E-state index in [2.05, 4.69) is 19.9 Å². The first-order valence-corrected chi connectivity index (χ1v) is 10.9. The summed E-state index contributed by atoms with van der Waals surface area (Å²) in [6, 6.07) is 9.53. The summed E-state index contributed by atoms with van der Waals surface area (Å²) in [4.78, 5) is 28.2. The molecule has 9 nitrogen and oxygen atoms in total. The van der Waals surface area contributed by atoms with Gasteiger partial charge in [-0.3, -0.25) is 9.78 Å². The van der Waals surface area contributed by atoms with Crippen molar-refractivity contribution >= 4 is 17.3 Å². The van der Waals surface area contributed by atoms with Crippen LogP contribution in [0.1, 0.15) is 21.6 Å². The van der Waals surface area contributed by atoms with Crippen molar-refractivity contribution in [2.24, 2.45) is 5.73 Å². The first-order valence-electron chi connectivity index (χ1n) is 10.9. The first kappa shape index (κ1) is 22.8. The molecule has 1 saturated heterocycles. The van der Waals surface area contributed by atoms with Gasteiger partial charge in [-0.05, 0) is 24.6 Å². The van der Waals surface area contributed by atoms with Gasteiger partial charge in [0.1, 0.15) is 5.69 Å². The number of hydrogen-bond donors (Lipinski definition) is 3. The summed E-state index contributed by atoms with van der Waals surface area (Å²) in [5, 5.41) is 9.75. The number of anilines is 2. The summed E-state index contributed by atoms with van der Waals surface area (Å²) in [6.45, 7) is 2.14. The fourth-order valence-corrected chi connectivity index (χ4v) is 3.97. The van der Waals surface area contributed by atoms with Crippen LogP contribution in [-0.4, -0.2) is 64.8 Å². The van der Waals surface area contributed by atoms with Crippen molar-refractivity contribution in [1.29, 1.82) is 0 Å². The SMILES string of the molecule is NCCc1ccc(-c2cnc(N)c(C(=O)Cc3cnccc3N3CCOCC3CO)n2)cc1. The molecule has 0 radical (unpaired) electrons.